The number of piperidine rings is 1. The number of hydrogen-bond donors (Lipinski definition) is 0. The van der Waals surface area contributed by atoms with E-state index in [9.17, 15) is 19.2 Å². The lowest BCUT2D eigenvalue weighted by atomic mass is 10.0. The Morgan fingerprint density at radius 2 is 1.46 bits per heavy atom. The van der Waals surface area contributed by atoms with Crippen molar-refractivity contribution < 1.29 is 23.8 Å². The van der Waals surface area contributed by atoms with E-state index in [1.165, 1.54) is 10.6 Å². The monoisotopic (exact) mass is 708 g/mol. The lowest BCUT2D eigenvalue weighted by Gasteiger charge is -2.39. The lowest BCUT2D eigenvalue weighted by Crippen LogP contribution is -2.49. The number of rotatable bonds is 8. The van der Waals surface area contributed by atoms with Crippen molar-refractivity contribution in [2.75, 3.05) is 32.8 Å². The first kappa shape index (κ1) is 36.2. The molecule has 5 aromatic rings. The molecule has 0 aliphatic carbocycles. The predicted octanol–water partition coefficient (Wildman–Crippen LogP) is 4.66. The Labute approximate surface area is 301 Å². The molecule has 272 valence electrons. The van der Waals surface area contributed by atoms with Crippen LogP contribution in [-0.4, -0.2) is 85.8 Å². The molecule has 1 amide bonds. The van der Waals surface area contributed by atoms with Gasteiger partial charge in [0, 0.05) is 74.1 Å². The summed E-state index contributed by atoms with van der Waals surface area (Å²) >= 11 is 0. The van der Waals surface area contributed by atoms with E-state index in [1.54, 1.807) is 47.6 Å². The first-order chi connectivity index (χ1) is 25.1. The fourth-order valence-corrected chi connectivity index (χ4v) is 6.50. The Bertz CT molecular complexity index is 2150. The van der Waals surface area contributed by atoms with Crippen LogP contribution in [0.1, 0.15) is 39.2 Å². The van der Waals surface area contributed by atoms with Crippen molar-refractivity contribution in [3.63, 3.8) is 0 Å². The van der Waals surface area contributed by atoms with Gasteiger partial charge in [0.2, 0.25) is 0 Å². The second-order valence-corrected chi connectivity index (χ2v) is 13.8. The zero-order valence-corrected chi connectivity index (χ0v) is 29.8. The highest BCUT2D eigenvalue weighted by Crippen LogP contribution is 2.32. The van der Waals surface area contributed by atoms with Gasteiger partial charge in [0.1, 0.15) is 25.1 Å². The molecule has 0 unspecified atom stereocenters. The van der Waals surface area contributed by atoms with Crippen molar-refractivity contribution in [3.8, 4) is 11.5 Å². The van der Waals surface area contributed by atoms with Crippen LogP contribution in [0, 0.1) is 0 Å². The van der Waals surface area contributed by atoms with Gasteiger partial charge in [0.15, 0.2) is 11.5 Å². The molecule has 4 aromatic heterocycles. The Hall–Kier alpha value is -5.56. The second kappa shape index (κ2) is 16.2. The van der Waals surface area contributed by atoms with Gasteiger partial charge in [-0.15, -0.1) is 0 Å². The summed E-state index contributed by atoms with van der Waals surface area (Å²) in [4.78, 5) is 60.0. The Morgan fingerprint density at radius 3 is 2.10 bits per heavy atom. The molecule has 1 aromatic carbocycles. The van der Waals surface area contributed by atoms with Gasteiger partial charge in [0.25, 0.3) is 11.1 Å². The minimum atomic E-state index is -0.580. The zero-order valence-electron chi connectivity index (χ0n) is 29.8. The van der Waals surface area contributed by atoms with Crippen LogP contribution in [0.3, 0.4) is 0 Å². The average molecular weight is 709 g/mol. The number of aromatic nitrogens is 4. The van der Waals surface area contributed by atoms with Crippen molar-refractivity contribution >= 4 is 34.2 Å². The van der Waals surface area contributed by atoms with Crippen LogP contribution in [0.15, 0.2) is 89.0 Å². The topological polar surface area (TPSA) is 138 Å². The standard InChI is InChI=1S/C29H36N4O5.C10H8N2O2/c1-29(2,3)38-28(35)33(20-21-4-6-25-26(18-21)37-17-16-36-25)23-9-12-31(13-10-23)14-15-32-24-19-30-11-8-22(24)5-7-27(32)34;13-6-5-12-9-7-11-4-3-8(9)1-2-10(12)14/h4-8,11,18-19,23H,9-10,12-17,20H2,1-3H3;1-4,6-7H,5H2. The lowest BCUT2D eigenvalue weighted by molar-refractivity contribution is -0.108. The first-order valence-electron chi connectivity index (χ1n) is 17.5. The fourth-order valence-electron chi connectivity index (χ4n) is 6.50. The number of hydrogen-bond acceptors (Lipinski definition) is 10. The van der Waals surface area contributed by atoms with Gasteiger partial charge < -0.3 is 33.4 Å². The number of carbonyl (C=O) groups excluding carboxylic acids is 2. The number of pyridine rings is 4. The molecule has 0 spiro atoms. The molecule has 1 saturated heterocycles. The minimum Gasteiger partial charge on any atom is -0.486 e. The van der Waals surface area contributed by atoms with Crippen LogP contribution in [-0.2, 0) is 29.2 Å². The molecule has 2 aliphatic rings. The summed E-state index contributed by atoms with van der Waals surface area (Å²) in [5, 5.41) is 1.91. The van der Waals surface area contributed by atoms with Crippen molar-refractivity contribution in [1.82, 2.24) is 28.9 Å². The predicted molar refractivity (Wildman–Crippen MR) is 197 cm³/mol. The molecule has 2 aliphatic heterocycles. The van der Waals surface area contributed by atoms with Gasteiger partial charge in [-0.05, 0) is 75.6 Å². The van der Waals surface area contributed by atoms with Crippen molar-refractivity contribution in [3.05, 3.63) is 106 Å². The summed E-state index contributed by atoms with van der Waals surface area (Å²) < 4.78 is 20.4. The smallest absolute Gasteiger partial charge is 0.410 e. The molecular weight excluding hydrogens is 664 g/mol. The van der Waals surface area contributed by atoms with Gasteiger partial charge in [-0.3, -0.25) is 24.1 Å². The van der Waals surface area contributed by atoms with Crippen LogP contribution in [0.5, 0.6) is 11.5 Å². The van der Waals surface area contributed by atoms with Crippen LogP contribution in [0.25, 0.3) is 21.8 Å². The SMILES string of the molecule is CC(C)(C)OC(=O)N(Cc1ccc2c(c1)OCCO2)C1CCN(CCn2c(=O)ccc3ccncc32)CC1.O=CCn1c(=O)ccc2ccncc21. The molecule has 0 saturated carbocycles. The van der Waals surface area contributed by atoms with Crippen LogP contribution in [0.2, 0.25) is 0 Å². The molecule has 13 heteroatoms. The Kier molecular flexibility index (Phi) is 11.3. The van der Waals surface area contributed by atoms with E-state index >= 15 is 0 Å². The van der Waals surface area contributed by atoms with E-state index in [-0.39, 0.29) is 29.8 Å². The number of likely N-dealkylation sites (tertiary alicyclic amines) is 1. The van der Waals surface area contributed by atoms with E-state index in [2.05, 4.69) is 14.9 Å². The maximum Gasteiger partial charge on any atom is 0.410 e. The molecule has 0 radical (unpaired) electrons. The third-order valence-corrected chi connectivity index (χ3v) is 9.07. The van der Waals surface area contributed by atoms with Crippen LogP contribution in [0.4, 0.5) is 4.79 Å². The fraction of sp³-hybridized carbons (Fsp3) is 0.385. The number of carbonyl (C=O) groups is 2. The minimum absolute atomic E-state index is 0.0177. The third kappa shape index (κ3) is 8.83. The highest BCUT2D eigenvalue weighted by atomic mass is 16.6. The highest BCUT2D eigenvalue weighted by Gasteiger charge is 2.31. The zero-order chi connectivity index (χ0) is 36.7. The first-order valence-corrected chi connectivity index (χ1v) is 17.5. The molecule has 6 heterocycles. The van der Waals surface area contributed by atoms with Crippen molar-refractivity contribution in [1.29, 1.82) is 0 Å². The number of fused-ring (bicyclic) bond motifs is 3. The largest absolute Gasteiger partial charge is 0.486 e. The summed E-state index contributed by atoms with van der Waals surface area (Å²) in [6.07, 6.45) is 8.78. The summed E-state index contributed by atoms with van der Waals surface area (Å²) in [6, 6.07) is 16.3. The summed E-state index contributed by atoms with van der Waals surface area (Å²) in [5.41, 5.74) is 1.74. The van der Waals surface area contributed by atoms with Gasteiger partial charge in [-0.1, -0.05) is 6.07 Å². The van der Waals surface area contributed by atoms with Gasteiger partial charge in [0.05, 0.1) is 30.0 Å². The number of aldehydes is 1. The second-order valence-electron chi connectivity index (χ2n) is 13.8. The Balaban J connectivity index is 0.000000276. The van der Waals surface area contributed by atoms with E-state index in [0.29, 0.717) is 43.9 Å². The summed E-state index contributed by atoms with van der Waals surface area (Å²) in [7, 11) is 0. The average Bonchev–Trinajstić information content (AvgIpc) is 3.14. The highest BCUT2D eigenvalue weighted by molar-refractivity contribution is 5.78. The quantitative estimate of drug-likeness (QED) is 0.209. The molecule has 52 heavy (non-hydrogen) atoms. The van der Waals surface area contributed by atoms with E-state index in [0.717, 1.165) is 60.1 Å². The maximum absolute atomic E-state index is 13.3. The normalized spacial score (nSPS) is 14.8. The van der Waals surface area contributed by atoms with Gasteiger partial charge >= 0.3 is 6.09 Å². The number of amides is 1. The molecule has 7 rings (SSSR count). The third-order valence-electron chi connectivity index (χ3n) is 9.07. The van der Waals surface area contributed by atoms with Crippen LogP contribution >= 0.6 is 0 Å². The van der Waals surface area contributed by atoms with Crippen molar-refractivity contribution in [2.24, 2.45) is 0 Å². The van der Waals surface area contributed by atoms with Crippen LogP contribution < -0.4 is 20.6 Å². The summed E-state index contributed by atoms with van der Waals surface area (Å²) in [5.74, 6) is 1.45. The molecule has 1 fully saturated rings. The van der Waals surface area contributed by atoms with Gasteiger partial charge in [-0.25, -0.2) is 4.79 Å². The maximum atomic E-state index is 13.3. The number of ether oxygens (including phenoxy) is 3. The van der Waals surface area contributed by atoms with E-state index in [1.807, 2.05) is 56.0 Å². The Morgan fingerprint density at radius 1 is 0.846 bits per heavy atom. The number of benzene rings is 1. The van der Waals surface area contributed by atoms with E-state index in [4.69, 9.17) is 14.2 Å². The van der Waals surface area contributed by atoms with Gasteiger partial charge in [-0.2, -0.15) is 0 Å². The molecular formula is C39H44N6O7. The molecule has 0 N–H and O–H groups in total. The van der Waals surface area contributed by atoms with Crippen molar-refractivity contribution in [2.45, 2.75) is 64.9 Å². The van der Waals surface area contributed by atoms with E-state index < -0.39 is 5.60 Å². The molecule has 0 bridgehead atoms. The molecule has 0 atom stereocenters. The molecule has 13 nitrogen and oxygen atoms in total. The summed E-state index contributed by atoms with van der Waals surface area (Å²) in [6.45, 7) is 10.3. The number of nitrogens with zero attached hydrogens (tertiary/aromatic N) is 6.